The molecule has 0 saturated carbocycles. The van der Waals surface area contributed by atoms with Crippen LogP contribution in [0.1, 0.15) is 29.0 Å². The molecule has 1 aromatic carbocycles. The van der Waals surface area contributed by atoms with E-state index >= 15 is 0 Å². The number of fused-ring (bicyclic) bond motifs is 4. The predicted octanol–water partition coefficient (Wildman–Crippen LogP) is 2.95. The molecule has 1 nitrogen and oxygen atoms in total. The number of hydrogen-bond donors (Lipinski definition) is 1. The van der Waals surface area contributed by atoms with Gasteiger partial charge in [0.1, 0.15) is 0 Å². The summed E-state index contributed by atoms with van der Waals surface area (Å²) >= 11 is 0. The zero-order valence-corrected chi connectivity index (χ0v) is 9.35. The van der Waals surface area contributed by atoms with Crippen LogP contribution >= 0.6 is 0 Å². The fourth-order valence-electron chi connectivity index (χ4n) is 3.09. The summed E-state index contributed by atoms with van der Waals surface area (Å²) in [5.41, 5.74) is 1.51. The molecule has 1 aliphatic carbocycles. The van der Waals surface area contributed by atoms with Gasteiger partial charge in [0.05, 0.1) is 5.56 Å². The Morgan fingerprint density at radius 1 is 1.18 bits per heavy atom. The molecule has 0 aromatic heterocycles. The molecule has 4 heteroatoms. The molecular weight excluding hydrogens is 227 g/mol. The number of halogens is 3. The first kappa shape index (κ1) is 11.1. The maximum Gasteiger partial charge on any atom is 0.416 e. The van der Waals surface area contributed by atoms with Crippen molar-refractivity contribution in [2.24, 2.45) is 5.92 Å². The van der Waals surface area contributed by atoms with Gasteiger partial charge in [0.25, 0.3) is 0 Å². The lowest BCUT2D eigenvalue weighted by Crippen LogP contribution is -2.39. The molecular formula is C13H14F3N. The highest BCUT2D eigenvalue weighted by atomic mass is 19.4. The standard InChI is InChI=1S/C13H14F3N/c14-13(15,16)11-1-2-12-9(5-11)3-8-4-10(12)7-17-6-8/h1-2,5,8,10,17H,3-4,6-7H2. The van der Waals surface area contributed by atoms with Gasteiger partial charge in [0, 0.05) is 6.54 Å². The fraction of sp³-hybridized carbons (Fsp3) is 0.538. The minimum atomic E-state index is -4.22. The molecule has 2 bridgehead atoms. The van der Waals surface area contributed by atoms with Crippen molar-refractivity contribution in [2.45, 2.75) is 24.9 Å². The Balaban J connectivity index is 2.01. The number of rotatable bonds is 0. The highest BCUT2D eigenvalue weighted by Crippen LogP contribution is 2.39. The molecule has 0 amide bonds. The quantitative estimate of drug-likeness (QED) is 0.736. The van der Waals surface area contributed by atoms with E-state index in [-0.39, 0.29) is 0 Å². The van der Waals surface area contributed by atoms with Crippen LogP contribution in [0.3, 0.4) is 0 Å². The number of hydrogen-bond acceptors (Lipinski definition) is 1. The molecule has 1 saturated heterocycles. The molecule has 1 heterocycles. The van der Waals surface area contributed by atoms with Gasteiger partial charge in [-0.3, -0.25) is 0 Å². The van der Waals surface area contributed by atoms with Gasteiger partial charge in [0.2, 0.25) is 0 Å². The van der Waals surface area contributed by atoms with Crippen molar-refractivity contribution in [3.05, 3.63) is 34.9 Å². The van der Waals surface area contributed by atoms with E-state index in [2.05, 4.69) is 5.32 Å². The van der Waals surface area contributed by atoms with Gasteiger partial charge in [0.15, 0.2) is 0 Å². The summed E-state index contributed by atoms with van der Waals surface area (Å²) < 4.78 is 37.9. The second-order valence-electron chi connectivity index (χ2n) is 5.07. The minimum Gasteiger partial charge on any atom is -0.316 e. The summed E-state index contributed by atoms with van der Waals surface area (Å²) in [6, 6.07) is 4.24. The number of piperidine rings is 1. The van der Waals surface area contributed by atoms with Crippen LogP contribution in [0.25, 0.3) is 0 Å². The smallest absolute Gasteiger partial charge is 0.316 e. The van der Waals surface area contributed by atoms with Gasteiger partial charge >= 0.3 is 6.18 Å². The topological polar surface area (TPSA) is 12.0 Å². The highest BCUT2D eigenvalue weighted by Gasteiger charge is 2.34. The average molecular weight is 241 g/mol. The molecule has 92 valence electrons. The molecule has 1 aromatic rings. The molecule has 2 unspecified atom stereocenters. The molecule has 3 rings (SSSR count). The van der Waals surface area contributed by atoms with Crippen LogP contribution in [-0.4, -0.2) is 13.1 Å². The van der Waals surface area contributed by atoms with Crippen molar-refractivity contribution >= 4 is 0 Å². The zero-order chi connectivity index (χ0) is 12.0. The molecule has 1 N–H and O–H groups in total. The van der Waals surface area contributed by atoms with Crippen LogP contribution in [0.15, 0.2) is 18.2 Å². The lowest BCUT2D eigenvalue weighted by molar-refractivity contribution is -0.137. The van der Waals surface area contributed by atoms with Crippen LogP contribution < -0.4 is 5.32 Å². The fourth-order valence-corrected chi connectivity index (χ4v) is 3.09. The lowest BCUT2D eigenvalue weighted by Gasteiger charge is -2.37. The lowest BCUT2D eigenvalue weighted by atomic mass is 9.74. The van der Waals surface area contributed by atoms with Gasteiger partial charge in [-0.25, -0.2) is 0 Å². The van der Waals surface area contributed by atoms with E-state index in [4.69, 9.17) is 0 Å². The monoisotopic (exact) mass is 241 g/mol. The van der Waals surface area contributed by atoms with E-state index in [0.29, 0.717) is 11.8 Å². The van der Waals surface area contributed by atoms with E-state index in [9.17, 15) is 13.2 Å². The van der Waals surface area contributed by atoms with Crippen LogP contribution in [-0.2, 0) is 12.6 Å². The molecule has 1 aliphatic heterocycles. The third kappa shape index (κ3) is 1.95. The Bertz CT molecular complexity index is 439. The summed E-state index contributed by atoms with van der Waals surface area (Å²) in [5, 5.41) is 3.35. The summed E-state index contributed by atoms with van der Waals surface area (Å²) in [6.07, 6.45) is -2.33. The molecule has 17 heavy (non-hydrogen) atoms. The van der Waals surface area contributed by atoms with Crippen LogP contribution in [0, 0.1) is 5.92 Å². The van der Waals surface area contributed by atoms with Gasteiger partial charge in [-0.2, -0.15) is 13.2 Å². The Morgan fingerprint density at radius 2 is 2.00 bits per heavy atom. The maximum atomic E-state index is 12.6. The molecule has 2 aliphatic rings. The second kappa shape index (κ2) is 3.73. The zero-order valence-electron chi connectivity index (χ0n) is 9.35. The molecule has 2 atom stereocenters. The van der Waals surface area contributed by atoms with Crippen molar-refractivity contribution in [1.29, 1.82) is 0 Å². The Labute approximate surface area is 98.0 Å². The summed E-state index contributed by atoms with van der Waals surface area (Å²) in [7, 11) is 0. The van der Waals surface area contributed by atoms with E-state index < -0.39 is 11.7 Å². The van der Waals surface area contributed by atoms with Crippen molar-refractivity contribution < 1.29 is 13.2 Å². The number of alkyl halides is 3. The van der Waals surface area contributed by atoms with Crippen molar-refractivity contribution in [1.82, 2.24) is 5.32 Å². The number of benzene rings is 1. The van der Waals surface area contributed by atoms with Gasteiger partial charge < -0.3 is 5.32 Å². The minimum absolute atomic E-state index is 0.403. The summed E-state index contributed by atoms with van der Waals surface area (Å²) in [6.45, 7) is 1.83. The predicted molar refractivity (Wildman–Crippen MR) is 58.9 cm³/mol. The van der Waals surface area contributed by atoms with Crippen LogP contribution in [0.5, 0.6) is 0 Å². The van der Waals surface area contributed by atoms with E-state index in [1.165, 1.54) is 12.1 Å². The Morgan fingerprint density at radius 3 is 2.76 bits per heavy atom. The SMILES string of the molecule is FC(F)(F)c1ccc2c(c1)CC1CNCC2C1. The Kier molecular flexibility index (Phi) is 2.43. The van der Waals surface area contributed by atoms with Crippen molar-refractivity contribution in [2.75, 3.05) is 13.1 Å². The number of nitrogens with one attached hydrogen (secondary N) is 1. The van der Waals surface area contributed by atoms with E-state index in [1.54, 1.807) is 6.07 Å². The second-order valence-corrected chi connectivity index (χ2v) is 5.07. The summed E-state index contributed by atoms with van der Waals surface area (Å²) in [4.78, 5) is 0. The first-order valence-corrected chi connectivity index (χ1v) is 5.95. The van der Waals surface area contributed by atoms with Crippen LogP contribution in [0.4, 0.5) is 13.2 Å². The summed E-state index contributed by atoms with van der Waals surface area (Å²) in [5.74, 6) is 0.907. The third-order valence-corrected chi connectivity index (χ3v) is 3.86. The van der Waals surface area contributed by atoms with Crippen molar-refractivity contribution in [3.8, 4) is 0 Å². The average Bonchev–Trinajstić information content (AvgIpc) is 2.27. The van der Waals surface area contributed by atoms with E-state index in [0.717, 1.165) is 37.1 Å². The van der Waals surface area contributed by atoms with Gasteiger partial charge in [-0.1, -0.05) is 6.07 Å². The maximum absolute atomic E-state index is 12.6. The molecule has 1 fully saturated rings. The molecule has 0 spiro atoms. The first-order chi connectivity index (χ1) is 8.04. The molecule has 0 radical (unpaired) electrons. The largest absolute Gasteiger partial charge is 0.416 e. The normalized spacial score (nSPS) is 27.7. The van der Waals surface area contributed by atoms with E-state index in [1.807, 2.05) is 0 Å². The van der Waals surface area contributed by atoms with Crippen LogP contribution in [0.2, 0.25) is 0 Å². The first-order valence-electron chi connectivity index (χ1n) is 5.95. The van der Waals surface area contributed by atoms with Gasteiger partial charge in [-0.15, -0.1) is 0 Å². The van der Waals surface area contributed by atoms with Crippen molar-refractivity contribution in [3.63, 3.8) is 0 Å². The Hall–Kier alpha value is -1.03. The highest BCUT2D eigenvalue weighted by molar-refractivity contribution is 5.38. The van der Waals surface area contributed by atoms with Gasteiger partial charge in [-0.05, 0) is 54.5 Å². The third-order valence-electron chi connectivity index (χ3n) is 3.86.